The van der Waals surface area contributed by atoms with E-state index < -0.39 is 0 Å². The van der Waals surface area contributed by atoms with Crippen LogP contribution in [0.25, 0.3) is 0 Å². The number of benzene rings is 1. The van der Waals surface area contributed by atoms with Crippen LogP contribution in [0.5, 0.6) is 5.75 Å². The Labute approximate surface area is 133 Å². The fourth-order valence-electron chi connectivity index (χ4n) is 3.74. The maximum Gasteiger partial charge on any atom is 0.115 e. The second-order valence-electron chi connectivity index (χ2n) is 6.67. The van der Waals surface area contributed by atoms with Crippen molar-refractivity contribution in [2.75, 3.05) is 39.4 Å². The van der Waals surface area contributed by atoms with Gasteiger partial charge in [-0.05, 0) is 56.5 Å². The minimum Gasteiger partial charge on any atom is -0.508 e. The number of hydrogen-bond donors (Lipinski definition) is 1. The van der Waals surface area contributed by atoms with Gasteiger partial charge in [0.25, 0.3) is 0 Å². The van der Waals surface area contributed by atoms with Crippen molar-refractivity contribution in [3.8, 4) is 5.75 Å². The fraction of sp³-hybridized carbons (Fsp3) is 0.667. The summed E-state index contributed by atoms with van der Waals surface area (Å²) in [5, 5.41) is 9.35. The van der Waals surface area contributed by atoms with Crippen LogP contribution in [0.15, 0.2) is 24.3 Å². The Kier molecular flexibility index (Phi) is 5.34. The quantitative estimate of drug-likeness (QED) is 0.926. The number of piperidine rings is 1. The number of nitrogens with zero attached hydrogens (tertiary/aromatic N) is 2. The lowest BCUT2D eigenvalue weighted by molar-refractivity contribution is -0.00192. The van der Waals surface area contributed by atoms with E-state index >= 15 is 0 Å². The molecule has 1 unspecified atom stereocenters. The largest absolute Gasteiger partial charge is 0.508 e. The summed E-state index contributed by atoms with van der Waals surface area (Å²) in [4.78, 5) is 5.14. The van der Waals surface area contributed by atoms with Crippen molar-refractivity contribution in [3.63, 3.8) is 0 Å². The number of rotatable bonds is 4. The van der Waals surface area contributed by atoms with E-state index in [1.165, 1.54) is 31.5 Å². The van der Waals surface area contributed by atoms with Crippen LogP contribution in [0.3, 0.4) is 0 Å². The van der Waals surface area contributed by atoms with Crippen molar-refractivity contribution in [1.29, 1.82) is 0 Å². The average molecular weight is 304 g/mol. The molecule has 2 heterocycles. The van der Waals surface area contributed by atoms with Crippen molar-refractivity contribution in [2.45, 2.75) is 32.4 Å². The molecule has 0 spiro atoms. The Morgan fingerprint density at radius 1 is 1.09 bits per heavy atom. The van der Waals surface area contributed by atoms with Gasteiger partial charge in [-0.3, -0.25) is 9.80 Å². The zero-order chi connectivity index (χ0) is 15.4. The standard InChI is InChI=1S/C18H28N2O2/c1-15(20-10-12-22-13-11-20)17-6-8-19(9-7-17)14-16-2-4-18(21)5-3-16/h2-5,15,17,21H,6-14H2,1H3. The van der Waals surface area contributed by atoms with Crippen LogP contribution in [0.1, 0.15) is 25.3 Å². The molecule has 0 saturated carbocycles. The molecule has 2 fully saturated rings. The minimum atomic E-state index is 0.349. The van der Waals surface area contributed by atoms with E-state index in [9.17, 15) is 5.11 Å². The summed E-state index contributed by atoms with van der Waals surface area (Å²) in [6.07, 6.45) is 2.58. The highest BCUT2D eigenvalue weighted by atomic mass is 16.5. The molecule has 122 valence electrons. The molecule has 0 aromatic heterocycles. The predicted molar refractivity (Wildman–Crippen MR) is 88.0 cm³/mol. The fourth-order valence-corrected chi connectivity index (χ4v) is 3.74. The molecule has 4 nitrogen and oxygen atoms in total. The van der Waals surface area contributed by atoms with E-state index in [0.717, 1.165) is 38.8 Å². The van der Waals surface area contributed by atoms with Gasteiger partial charge in [-0.2, -0.15) is 0 Å². The van der Waals surface area contributed by atoms with Gasteiger partial charge in [0, 0.05) is 25.7 Å². The van der Waals surface area contributed by atoms with Crippen molar-refractivity contribution < 1.29 is 9.84 Å². The molecule has 2 saturated heterocycles. The van der Waals surface area contributed by atoms with E-state index in [1.807, 2.05) is 12.1 Å². The van der Waals surface area contributed by atoms with E-state index in [-0.39, 0.29) is 0 Å². The number of phenols is 1. The molecule has 0 aliphatic carbocycles. The van der Waals surface area contributed by atoms with Crippen molar-refractivity contribution >= 4 is 0 Å². The van der Waals surface area contributed by atoms with Gasteiger partial charge in [0.15, 0.2) is 0 Å². The summed E-state index contributed by atoms with van der Waals surface area (Å²) in [6.45, 7) is 9.73. The highest BCUT2D eigenvalue weighted by molar-refractivity contribution is 5.25. The van der Waals surface area contributed by atoms with Gasteiger partial charge in [0.05, 0.1) is 13.2 Å². The van der Waals surface area contributed by atoms with Crippen LogP contribution in [0.4, 0.5) is 0 Å². The third-order valence-corrected chi connectivity index (χ3v) is 5.28. The first kappa shape index (κ1) is 15.8. The Balaban J connectivity index is 1.46. The molecule has 22 heavy (non-hydrogen) atoms. The first-order valence-corrected chi connectivity index (χ1v) is 8.54. The number of likely N-dealkylation sites (tertiary alicyclic amines) is 1. The first-order chi connectivity index (χ1) is 10.7. The molecule has 2 aliphatic rings. The minimum absolute atomic E-state index is 0.349. The van der Waals surface area contributed by atoms with E-state index in [2.05, 4.69) is 16.7 Å². The monoisotopic (exact) mass is 304 g/mol. The summed E-state index contributed by atoms with van der Waals surface area (Å²) < 4.78 is 5.46. The van der Waals surface area contributed by atoms with Gasteiger partial charge in [-0.1, -0.05) is 12.1 Å². The summed E-state index contributed by atoms with van der Waals surface area (Å²) in [5.41, 5.74) is 1.29. The van der Waals surface area contributed by atoms with Gasteiger partial charge in [-0.15, -0.1) is 0 Å². The van der Waals surface area contributed by atoms with Crippen LogP contribution in [0.2, 0.25) is 0 Å². The topological polar surface area (TPSA) is 35.9 Å². The zero-order valence-electron chi connectivity index (χ0n) is 13.6. The average Bonchev–Trinajstić information content (AvgIpc) is 2.58. The highest BCUT2D eigenvalue weighted by Gasteiger charge is 2.28. The molecular formula is C18H28N2O2. The second kappa shape index (κ2) is 7.44. The normalized spacial score (nSPS) is 23.5. The van der Waals surface area contributed by atoms with Crippen LogP contribution in [-0.4, -0.2) is 60.3 Å². The lowest BCUT2D eigenvalue weighted by atomic mass is 9.89. The van der Waals surface area contributed by atoms with E-state index in [0.29, 0.717) is 11.8 Å². The third-order valence-electron chi connectivity index (χ3n) is 5.28. The summed E-state index contributed by atoms with van der Waals surface area (Å²) in [5.74, 6) is 1.16. The molecule has 1 N–H and O–H groups in total. The number of phenolic OH excluding ortho intramolecular Hbond substituents is 1. The van der Waals surface area contributed by atoms with E-state index in [4.69, 9.17) is 4.74 Å². The van der Waals surface area contributed by atoms with Gasteiger partial charge < -0.3 is 9.84 Å². The molecule has 3 rings (SSSR count). The number of ether oxygens (including phenoxy) is 1. The molecule has 2 aliphatic heterocycles. The number of hydrogen-bond acceptors (Lipinski definition) is 4. The van der Waals surface area contributed by atoms with Crippen molar-refractivity contribution in [1.82, 2.24) is 9.80 Å². The first-order valence-electron chi connectivity index (χ1n) is 8.54. The van der Waals surface area contributed by atoms with Crippen LogP contribution >= 0.6 is 0 Å². The molecule has 4 heteroatoms. The number of morpholine rings is 1. The lowest BCUT2D eigenvalue weighted by Crippen LogP contribution is -2.48. The van der Waals surface area contributed by atoms with Crippen molar-refractivity contribution in [2.24, 2.45) is 5.92 Å². The van der Waals surface area contributed by atoms with Crippen LogP contribution in [0, 0.1) is 5.92 Å². The van der Waals surface area contributed by atoms with Gasteiger partial charge in [-0.25, -0.2) is 0 Å². The van der Waals surface area contributed by atoms with Crippen LogP contribution in [-0.2, 0) is 11.3 Å². The van der Waals surface area contributed by atoms with Gasteiger partial charge in [0.1, 0.15) is 5.75 Å². The zero-order valence-corrected chi connectivity index (χ0v) is 13.6. The molecule has 0 bridgehead atoms. The number of aromatic hydroxyl groups is 1. The maximum absolute atomic E-state index is 9.35. The van der Waals surface area contributed by atoms with Gasteiger partial charge in [0.2, 0.25) is 0 Å². The lowest BCUT2D eigenvalue weighted by Gasteiger charge is -2.41. The summed E-state index contributed by atoms with van der Waals surface area (Å²) in [6, 6.07) is 8.29. The summed E-state index contributed by atoms with van der Waals surface area (Å²) in [7, 11) is 0. The smallest absolute Gasteiger partial charge is 0.115 e. The molecule has 1 atom stereocenters. The summed E-state index contributed by atoms with van der Waals surface area (Å²) >= 11 is 0. The molecule has 1 aromatic carbocycles. The van der Waals surface area contributed by atoms with Gasteiger partial charge >= 0.3 is 0 Å². The van der Waals surface area contributed by atoms with E-state index in [1.54, 1.807) is 12.1 Å². The highest BCUT2D eigenvalue weighted by Crippen LogP contribution is 2.25. The molecule has 1 aromatic rings. The molecule has 0 amide bonds. The molecular weight excluding hydrogens is 276 g/mol. The van der Waals surface area contributed by atoms with Crippen LogP contribution < -0.4 is 0 Å². The predicted octanol–water partition coefficient (Wildman–Crippen LogP) is 2.32. The Morgan fingerprint density at radius 3 is 2.36 bits per heavy atom. The Hall–Kier alpha value is -1.10. The maximum atomic E-state index is 9.35. The Bertz CT molecular complexity index is 449. The second-order valence-corrected chi connectivity index (χ2v) is 6.67. The Morgan fingerprint density at radius 2 is 1.73 bits per heavy atom. The van der Waals surface area contributed by atoms with Crippen molar-refractivity contribution in [3.05, 3.63) is 29.8 Å². The third kappa shape index (κ3) is 4.00. The molecule has 0 radical (unpaired) electrons. The SMILES string of the molecule is CC(C1CCN(Cc2ccc(O)cc2)CC1)N1CCOCC1.